The summed E-state index contributed by atoms with van der Waals surface area (Å²) in [6.45, 7) is 0. The van der Waals surface area contributed by atoms with Crippen molar-refractivity contribution in [2.24, 2.45) is 7.05 Å². The molecule has 0 aliphatic heterocycles. The van der Waals surface area contributed by atoms with Gasteiger partial charge in [-0.2, -0.15) is 5.10 Å². The Morgan fingerprint density at radius 1 is 1.03 bits per heavy atom. The first-order valence-electron chi connectivity index (χ1n) is 9.29. The number of methoxy groups -OCH3 is 3. The van der Waals surface area contributed by atoms with Crippen LogP contribution in [-0.4, -0.2) is 42.0 Å². The Morgan fingerprint density at radius 2 is 1.77 bits per heavy atom. The standard InChI is InChI=1S/C21H21N5O4S/c1-26-18(7-8-22-26)25-21-24-14-6-5-12(9-17(14)31-21)20(27)23-13-10-15(28-2)19(30-4)16(11-13)29-3/h5-11H,1-4H3,(H,23,27)(H,24,25). The van der Waals surface area contributed by atoms with Gasteiger partial charge in [-0.25, -0.2) is 4.98 Å². The van der Waals surface area contributed by atoms with Gasteiger partial charge in [0.1, 0.15) is 5.82 Å². The molecule has 0 bridgehead atoms. The van der Waals surface area contributed by atoms with Crippen molar-refractivity contribution in [1.29, 1.82) is 0 Å². The number of benzene rings is 2. The quantitative estimate of drug-likeness (QED) is 0.448. The zero-order valence-corrected chi connectivity index (χ0v) is 18.2. The fourth-order valence-electron chi connectivity index (χ4n) is 3.08. The maximum atomic E-state index is 12.9. The summed E-state index contributed by atoms with van der Waals surface area (Å²) in [6.07, 6.45) is 1.71. The number of hydrogen-bond donors (Lipinski definition) is 2. The van der Waals surface area contributed by atoms with Gasteiger partial charge >= 0.3 is 0 Å². The van der Waals surface area contributed by atoms with E-state index in [9.17, 15) is 4.79 Å². The summed E-state index contributed by atoms with van der Waals surface area (Å²) in [5.74, 6) is 1.95. The average molecular weight is 439 g/mol. The van der Waals surface area contributed by atoms with Crippen molar-refractivity contribution in [3.05, 3.63) is 48.2 Å². The number of ether oxygens (including phenoxy) is 3. The Labute approximate surface area is 182 Å². The molecule has 0 radical (unpaired) electrons. The largest absolute Gasteiger partial charge is 0.493 e. The maximum Gasteiger partial charge on any atom is 0.255 e. The van der Waals surface area contributed by atoms with Gasteiger partial charge in [0, 0.05) is 36.5 Å². The van der Waals surface area contributed by atoms with Crippen LogP contribution in [0, 0.1) is 0 Å². The molecule has 9 nitrogen and oxygen atoms in total. The highest BCUT2D eigenvalue weighted by atomic mass is 32.1. The fourth-order valence-corrected chi connectivity index (χ4v) is 3.99. The molecule has 0 aliphatic rings. The molecule has 0 saturated carbocycles. The minimum atomic E-state index is -0.259. The van der Waals surface area contributed by atoms with E-state index in [1.165, 1.54) is 32.7 Å². The van der Waals surface area contributed by atoms with Crippen LogP contribution < -0.4 is 24.8 Å². The second-order valence-electron chi connectivity index (χ2n) is 6.53. The van der Waals surface area contributed by atoms with E-state index in [2.05, 4.69) is 20.7 Å². The molecular weight excluding hydrogens is 418 g/mol. The van der Waals surface area contributed by atoms with Crippen molar-refractivity contribution >= 4 is 44.1 Å². The molecule has 2 N–H and O–H groups in total. The molecular formula is C21H21N5O4S. The molecule has 2 heterocycles. The summed E-state index contributed by atoms with van der Waals surface area (Å²) >= 11 is 1.46. The van der Waals surface area contributed by atoms with Crippen LogP contribution in [0.4, 0.5) is 16.6 Å². The Bertz CT molecular complexity index is 1220. The number of thiazole rings is 1. The van der Waals surface area contributed by atoms with Crippen LogP contribution in [0.3, 0.4) is 0 Å². The summed E-state index contributed by atoms with van der Waals surface area (Å²) in [6, 6.07) is 10.6. The Hall–Kier alpha value is -3.79. The van der Waals surface area contributed by atoms with Gasteiger partial charge in [-0.15, -0.1) is 0 Å². The van der Waals surface area contributed by atoms with Crippen molar-refractivity contribution in [3.63, 3.8) is 0 Å². The fraction of sp³-hybridized carbons (Fsp3) is 0.190. The Morgan fingerprint density at radius 3 is 2.39 bits per heavy atom. The van der Waals surface area contributed by atoms with Crippen LogP contribution in [-0.2, 0) is 7.05 Å². The van der Waals surface area contributed by atoms with Gasteiger partial charge in [-0.3, -0.25) is 9.48 Å². The number of aryl methyl sites for hydroxylation is 1. The number of aromatic nitrogens is 3. The van der Waals surface area contributed by atoms with E-state index >= 15 is 0 Å². The molecule has 0 spiro atoms. The van der Waals surface area contributed by atoms with Crippen molar-refractivity contribution in [2.75, 3.05) is 32.0 Å². The van der Waals surface area contributed by atoms with Crippen LogP contribution in [0.15, 0.2) is 42.6 Å². The van der Waals surface area contributed by atoms with Gasteiger partial charge in [-0.05, 0) is 18.2 Å². The summed E-state index contributed by atoms with van der Waals surface area (Å²) in [5.41, 5.74) is 1.85. The molecule has 160 valence electrons. The van der Waals surface area contributed by atoms with Gasteiger partial charge in [-0.1, -0.05) is 11.3 Å². The molecule has 2 aromatic carbocycles. The highest BCUT2D eigenvalue weighted by Crippen LogP contribution is 2.40. The van der Waals surface area contributed by atoms with Crippen molar-refractivity contribution < 1.29 is 19.0 Å². The zero-order valence-electron chi connectivity index (χ0n) is 17.4. The predicted molar refractivity (Wildman–Crippen MR) is 120 cm³/mol. The number of nitrogens with zero attached hydrogens (tertiary/aromatic N) is 3. The Kier molecular flexibility index (Phi) is 5.63. The second-order valence-corrected chi connectivity index (χ2v) is 7.57. The lowest BCUT2D eigenvalue weighted by atomic mass is 10.2. The zero-order chi connectivity index (χ0) is 22.0. The lowest BCUT2D eigenvalue weighted by Crippen LogP contribution is -2.12. The molecule has 0 fully saturated rings. The molecule has 31 heavy (non-hydrogen) atoms. The van der Waals surface area contributed by atoms with E-state index in [-0.39, 0.29) is 5.91 Å². The minimum absolute atomic E-state index is 0.259. The molecule has 4 rings (SSSR count). The topological polar surface area (TPSA) is 99.5 Å². The lowest BCUT2D eigenvalue weighted by molar-refractivity contribution is 0.102. The summed E-state index contributed by atoms with van der Waals surface area (Å²) in [4.78, 5) is 17.4. The summed E-state index contributed by atoms with van der Waals surface area (Å²) in [7, 11) is 6.43. The number of fused-ring (bicyclic) bond motifs is 1. The first-order valence-corrected chi connectivity index (χ1v) is 10.1. The number of carbonyl (C=O) groups excluding carboxylic acids is 1. The highest BCUT2D eigenvalue weighted by molar-refractivity contribution is 7.22. The van der Waals surface area contributed by atoms with Gasteiger partial charge < -0.3 is 24.8 Å². The van der Waals surface area contributed by atoms with E-state index in [1.807, 2.05) is 25.2 Å². The average Bonchev–Trinajstić information content (AvgIpc) is 3.37. The summed E-state index contributed by atoms with van der Waals surface area (Å²) in [5, 5.41) is 11.0. The third-order valence-corrected chi connectivity index (χ3v) is 5.56. The maximum absolute atomic E-state index is 12.9. The molecule has 2 aromatic heterocycles. The Balaban J connectivity index is 1.57. The number of nitrogens with one attached hydrogen (secondary N) is 2. The van der Waals surface area contributed by atoms with E-state index in [0.717, 1.165) is 21.2 Å². The third kappa shape index (κ3) is 4.10. The number of hydrogen-bond acceptors (Lipinski definition) is 8. The molecule has 0 unspecified atom stereocenters. The number of carbonyl (C=O) groups is 1. The molecule has 4 aromatic rings. The third-order valence-electron chi connectivity index (χ3n) is 4.63. The SMILES string of the molecule is COc1cc(NC(=O)c2ccc3nc(Nc4ccnn4C)sc3c2)cc(OC)c1OC. The van der Waals surface area contributed by atoms with E-state index in [1.54, 1.807) is 29.1 Å². The smallest absolute Gasteiger partial charge is 0.255 e. The van der Waals surface area contributed by atoms with E-state index in [0.29, 0.717) is 28.5 Å². The van der Waals surface area contributed by atoms with Crippen LogP contribution in [0.25, 0.3) is 10.2 Å². The van der Waals surface area contributed by atoms with Gasteiger partial charge in [0.15, 0.2) is 16.6 Å². The minimum Gasteiger partial charge on any atom is -0.493 e. The highest BCUT2D eigenvalue weighted by Gasteiger charge is 2.16. The van der Waals surface area contributed by atoms with Crippen LogP contribution >= 0.6 is 11.3 Å². The van der Waals surface area contributed by atoms with Gasteiger partial charge in [0.05, 0.1) is 37.7 Å². The van der Waals surface area contributed by atoms with Crippen molar-refractivity contribution in [3.8, 4) is 17.2 Å². The summed E-state index contributed by atoms with van der Waals surface area (Å²) < 4.78 is 18.6. The van der Waals surface area contributed by atoms with Crippen molar-refractivity contribution in [1.82, 2.24) is 14.8 Å². The molecule has 0 atom stereocenters. The number of anilines is 3. The van der Waals surface area contributed by atoms with Crippen molar-refractivity contribution in [2.45, 2.75) is 0 Å². The van der Waals surface area contributed by atoms with E-state index < -0.39 is 0 Å². The number of amides is 1. The number of rotatable bonds is 7. The molecule has 10 heteroatoms. The molecule has 0 aliphatic carbocycles. The normalized spacial score (nSPS) is 10.7. The van der Waals surface area contributed by atoms with E-state index in [4.69, 9.17) is 14.2 Å². The van der Waals surface area contributed by atoms with Crippen LogP contribution in [0.5, 0.6) is 17.2 Å². The first-order chi connectivity index (χ1) is 15.0. The molecule has 0 saturated heterocycles. The van der Waals surface area contributed by atoms with Crippen LogP contribution in [0.1, 0.15) is 10.4 Å². The first kappa shape index (κ1) is 20.5. The predicted octanol–water partition coefficient (Wildman–Crippen LogP) is 4.05. The van der Waals surface area contributed by atoms with Gasteiger partial charge in [0.2, 0.25) is 5.75 Å². The van der Waals surface area contributed by atoms with Gasteiger partial charge in [0.25, 0.3) is 5.91 Å². The van der Waals surface area contributed by atoms with Crippen LogP contribution in [0.2, 0.25) is 0 Å². The lowest BCUT2D eigenvalue weighted by Gasteiger charge is -2.14. The molecule has 1 amide bonds. The monoisotopic (exact) mass is 439 g/mol. The second kappa shape index (κ2) is 8.52.